The number of hydrogen-bond donors (Lipinski definition) is 0. The predicted molar refractivity (Wildman–Crippen MR) is 199 cm³/mol. The summed E-state index contributed by atoms with van der Waals surface area (Å²) < 4.78 is 13.0. The summed E-state index contributed by atoms with van der Waals surface area (Å²) in [5, 5.41) is 1.96. The van der Waals surface area contributed by atoms with E-state index in [9.17, 15) is 0 Å². The number of pyridine rings is 2. The molecular weight excluding hydrogens is 617 g/mol. The number of nitrogens with zero attached hydrogens (tertiary/aromatic N) is 4. The number of hydrogen-bond acceptors (Lipinski definition) is 6. The SMILES string of the molecule is c1ccc(-c2cc(-c3cc(-c4ccnc5c4oc4ccccc45)cc(-c4ccnc5c4oc4ccccc45)c3)nc(-c3ccccc3)n2)cc1. The lowest BCUT2D eigenvalue weighted by atomic mass is 9.94. The van der Waals surface area contributed by atoms with E-state index in [2.05, 4.69) is 36.4 Å². The van der Waals surface area contributed by atoms with Crippen LogP contribution in [0.4, 0.5) is 0 Å². The minimum absolute atomic E-state index is 0.654. The van der Waals surface area contributed by atoms with Crippen LogP contribution >= 0.6 is 0 Å². The lowest BCUT2D eigenvalue weighted by molar-refractivity contribution is 0.669. The van der Waals surface area contributed by atoms with Crippen LogP contribution in [0.25, 0.3) is 100 Å². The fourth-order valence-corrected chi connectivity index (χ4v) is 6.82. The monoisotopic (exact) mass is 642 g/mol. The normalized spacial score (nSPS) is 11.6. The van der Waals surface area contributed by atoms with Crippen LogP contribution in [0.3, 0.4) is 0 Å². The number of para-hydroxylation sites is 2. The molecule has 6 heteroatoms. The molecule has 0 spiro atoms. The summed E-state index contributed by atoms with van der Waals surface area (Å²) in [6, 6.07) is 49.0. The van der Waals surface area contributed by atoms with Crippen molar-refractivity contribution in [3.8, 4) is 56.2 Å². The third-order valence-corrected chi connectivity index (χ3v) is 9.20. The van der Waals surface area contributed by atoms with Crippen molar-refractivity contribution in [2.75, 3.05) is 0 Å². The van der Waals surface area contributed by atoms with Gasteiger partial charge < -0.3 is 8.83 Å². The van der Waals surface area contributed by atoms with Gasteiger partial charge in [0.05, 0.1) is 11.4 Å². The minimum atomic E-state index is 0.654. The average molecular weight is 643 g/mol. The lowest BCUT2D eigenvalue weighted by Crippen LogP contribution is -1.96. The van der Waals surface area contributed by atoms with Crippen molar-refractivity contribution in [1.82, 2.24) is 19.9 Å². The molecule has 5 aromatic carbocycles. The molecule has 0 fully saturated rings. The van der Waals surface area contributed by atoms with Crippen LogP contribution in [0, 0.1) is 0 Å². The number of aromatic nitrogens is 4. The molecule has 0 radical (unpaired) electrons. The Morgan fingerprint density at radius 1 is 0.380 bits per heavy atom. The maximum Gasteiger partial charge on any atom is 0.161 e. The van der Waals surface area contributed by atoms with Crippen LogP contribution in [-0.4, -0.2) is 19.9 Å². The summed E-state index contributed by atoms with van der Waals surface area (Å²) in [6.07, 6.45) is 3.70. The van der Waals surface area contributed by atoms with Crippen molar-refractivity contribution >= 4 is 44.1 Å². The maximum atomic E-state index is 6.48. The molecule has 6 nitrogen and oxygen atoms in total. The Bertz CT molecular complexity index is 2690. The molecule has 0 aliphatic rings. The summed E-state index contributed by atoms with van der Waals surface area (Å²) in [4.78, 5) is 19.7. The second-order valence-corrected chi connectivity index (χ2v) is 12.3. The zero-order valence-electron chi connectivity index (χ0n) is 26.6. The van der Waals surface area contributed by atoms with Crippen molar-refractivity contribution < 1.29 is 8.83 Å². The van der Waals surface area contributed by atoms with Gasteiger partial charge in [0.15, 0.2) is 17.0 Å². The molecule has 0 saturated carbocycles. The van der Waals surface area contributed by atoms with E-state index in [1.165, 1.54) is 0 Å². The summed E-state index contributed by atoms with van der Waals surface area (Å²) in [7, 11) is 0. The molecule has 234 valence electrons. The van der Waals surface area contributed by atoms with Gasteiger partial charge in [-0.05, 0) is 71.8 Å². The van der Waals surface area contributed by atoms with Crippen molar-refractivity contribution in [2.24, 2.45) is 0 Å². The number of rotatable bonds is 5. The molecule has 10 rings (SSSR count). The Morgan fingerprint density at radius 3 is 1.40 bits per heavy atom. The Kier molecular flexibility index (Phi) is 6.39. The van der Waals surface area contributed by atoms with Gasteiger partial charge in [0.1, 0.15) is 22.2 Å². The van der Waals surface area contributed by atoms with Gasteiger partial charge in [0, 0.05) is 51.0 Å². The zero-order valence-corrected chi connectivity index (χ0v) is 26.6. The predicted octanol–water partition coefficient (Wildman–Crippen LogP) is 11.4. The third-order valence-electron chi connectivity index (χ3n) is 9.20. The maximum absolute atomic E-state index is 6.48. The molecule has 0 atom stereocenters. The Labute approximate surface area is 286 Å². The highest BCUT2D eigenvalue weighted by Crippen LogP contribution is 2.41. The van der Waals surface area contributed by atoms with Gasteiger partial charge in [-0.15, -0.1) is 0 Å². The van der Waals surface area contributed by atoms with Crippen LogP contribution in [-0.2, 0) is 0 Å². The first-order valence-corrected chi connectivity index (χ1v) is 16.5. The van der Waals surface area contributed by atoms with E-state index in [1.807, 2.05) is 122 Å². The third kappa shape index (κ3) is 4.65. The quantitative estimate of drug-likeness (QED) is 0.186. The zero-order chi connectivity index (χ0) is 33.0. The largest absolute Gasteiger partial charge is 0.454 e. The average Bonchev–Trinajstić information content (AvgIpc) is 3.77. The summed E-state index contributed by atoms with van der Waals surface area (Å²) in [5.41, 5.74) is 13.0. The number of furan rings is 2. The van der Waals surface area contributed by atoms with E-state index in [0.29, 0.717) is 5.82 Å². The fourth-order valence-electron chi connectivity index (χ4n) is 6.82. The second-order valence-electron chi connectivity index (χ2n) is 12.3. The van der Waals surface area contributed by atoms with Gasteiger partial charge in [-0.3, -0.25) is 9.97 Å². The first kappa shape index (κ1) is 28.1. The Hall–Kier alpha value is -6.92. The van der Waals surface area contributed by atoms with E-state index in [-0.39, 0.29) is 0 Å². The number of benzene rings is 5. The van der Waals surface area contributed by atoms with Crippen molar-refractivity contribution in [3.05, 3.63) is 158 Å². The van der Waals surface area contributed by atoms with Crippen LogP contribution < -0.4 is 0 Å². The van der Waals surface area contributed by atoms with E-state index in [0.717, 1.165) is 94.5 Å². The standard InChI is InChI=1S/C44H26N4O2/c1-3-11-27(12-4-1)36-26-37(48-44(47-36)28-13-5-2-6-14-28)31-24-29(32-19-21-45-40-34-15-7-9-17-38(34)49-42(32)40)23-30(25-31)33-20-22-46-41-35-16-8-10-18-39(35)50-43(33)41/h1-26H. The molecule has 10 aromatic rings. The lowest BCUT2D eigenvalue weighted by Gasteiger charge is -2.13. The molecule has 0 amide bonds. The molecule has 5 heterocycles. The highest BCUT2D eigenvalue weighted by molar-refractivity contribution is 6.09. The molecule has 0 bridgehead atoms. The van der Waals surface area contributed by atoms with E-state index in [4.69, 9.17) is 28.8 Å². The van der Waals surface area contributed by atoms with E-state index < -0.39 is 0 Å². The van der Waals surface area contributed by atoms with Crippen molar-refractivity contribution in [1.29, 1.82) is 0 Å². The van der Waals surface area contributed by atoms with Gasteiger partial charge in [0.2, 0.25) is 0 Å². The molecule has 0 aliphatic heterocycles. The van der Waals surface area contributed by atoms with Crippen LogP contribution in [0.1, 0.15) is 0 Å². The number of fused-ring (bicyclic) bond motifs is 6. The molecule has 0 N–H and O–H groups in total. The Morgan fingerprint density at radius 2 is 0.840 bits per heavy atom. The molecule has 5 aromatic heterocycles. The van der Waals surface area contributed by atoms with Gasteiger partial charge in [-0.2, -0.15) is 0 Å². The molecule has 0 unspecified atom stereocenters. The van der Waals surface area contributed by atoms with Gasteiger partial charge in [-0.25, -0.2) is 9.97 Å². The molecule has 0 aliphatic carbocycles. The second kappa shape index (κ2) is 11.4. The Balaban J connectivity index is 1.26. The van der Waals surface area contributed by atoms with Crippen LogP contribution in [0.15, 0.2) is 167 Å². The molecule has 0 saturated heterocycles. The van der Waals surface area contributed by atoms with Gasteiger partial charge >= 0.3 is 0 Å². The minimum Gasteiger partial charge on any atom is -0.454 e. The topological polar surface area (TPSA) is 77.8 Å². The smallest absolute Gasteiger partial charge is 0.161 e. The highest BCUT2D eigenvalue weighted by Gasteiger charge is 2.19. The van der Waals surface area contributed by atoms with Gasteiger partial charge in [-0.1, -0.05) is 84.9 Å². The fraction of sp³-hybridized carbons (Fsp3) is 0. The first-order valence-electron chi connectivity index (χ1n) is 16.5. The summed E-state index contributed by atoms with van der Waals surface area (Å²) in [6.45, 7) is 0. The highest BCUT2D eigenvalue weighted by atomic mass is 16.3. The van der Waals surface area contributed by atoms with Crippen LogP contribution in [0.5, 0.6) is 0 Å². The summed E-state index contributed by atoms with van der Waals surface area (Å²) in [5.74, 6) is 0.654. The van der Waals surface area contributed by atoms with Crippen molar-refractivity contribution in [3.63, 3.8) is 0 Å². The van der Waals surface area contributed by atoms with Crippen molar-refractivity contribution in [2.45, 2.75) is 0 Å². The van der Waals surface area contributed by atoms with E-state index in [1.54, 1.807) is 0 Å². The molecule has 50 heavy (non-hydrogen) atoms. The van der Waals surface area contributed by atoms with E-state index >= 15 is 0 Å². The summed E-state index contributed by atoms with van der Waals surface area (Å²) >= 11 is 0. The van der Waals surface area contributed by atoms with Crippen LogP contribution in [0.2, 0.25) is 0 Å². The molecular formula is C44H26N4O2. The first-order chi connectivity index (χ1) is 24.8. The van der Waals surface area contributed by atoms with Gasteiger partial charge in [0.25, 0.3) is 0 Å².